The number of aliphatic hydroxyl groups is 2. The Kier molecular flexibility index (Phi) is 5.61. The van der Waals surface area contributed by atoms with E-state index in [9.17, 15) is 10.2 Å². The smallest absolute Gasteiger partial charge is 0.123 e. The molecule has 0 radical (unpaired) electrons. The van der Waals surface area contributed by atoms with Gasteiger partial charge in [-0.25, -0.2) is 0 Å². The summed E-state index contributed by atoms with van der Waals surface area (Å²) in [5, 5.41) is 22.3. The van der Waals surface area contributed by atoms with Crippen LogP contribution in [0, 0.1) is 35.5 Å². The van der Waals surface area contributed by atoms with Gasteiger partial charge >= 0.3 is 0 Å². The van der Waals surface area contributed by atoms with Gasteiger partial charge in [-0.2, -0.15) is 0 Å². The maximum atomic E-state index is 9.75. The zero-order chi connectivity index (χ0) is 25.5. The largest absolute Gasteiger partial charge is 0.491 e. The molecule has 4 heteroatoms. The monoisotopic (exact) mass is 516 g/mol. The predicted molar refractivity (Wildman–Crippen MR) is 149 cm³/mol. The van der Waals surface area contributed by atoms with Gasteiger partial charge < -0.3 is 19.7 Å². The Bertz CT molecular complexity index is 1070. The minimum absolute atomic E-state index is 0.0415. The Hall–Kier alpha value is -1.78. The van der Waals surface area contributed by atoms with Crippen LogP contribution in [0.5, 0.6) is 11.5 Å². The standard InChI is InChI=1S/C34H44O4/c35-5-7-37-28-3-1-27-2-4-29(38-8-6-36)32(34-18-24-12-25(19-34)14-26(13-24)20-34)30(27)31(28)33-15-21-9-22(16-33)11-23(10-21)17-33/h1-4,21-26,35-36H,5-20H2. The quantitative estimate of drug-likeness (QED) is 0.420. The van der Waals surface area contributed by atoms with E-state index < -0.39 is 0 Å². The molecule has 8 aliphatic carbocycles. The van der Waals surface area contributed by atoms with Crippen molar-refractivity contribution in [2.75, 3.05) is 26.4 Å². The first-order valence-corrected chi connectivity index (χ1v) is 15.7. The molecule has 2 aromatic rings. The van der Waals surface area contributed by atoms with Crippen LogP contribution in [0.4, 0.5) is 0 Å². The van der Waals surface area contributed by atoms with E-state index in [1.54, 1.807) is 0 Å². The molecule has 204 valence electrons. The van der Waals surface area contributed by atoms with E-state index in [4.69, 9.17) is 9.47 Å². The molecule has 0 amide bonds. The van der Waals surface area contributed by atoms with Crippen molar-refractivity contribution in [2.45, 2.75) is 87.9 Å². The van der Waals surface area contributed by atoms with Gasteiger partial charge in [-0.3, -0.25) is 0 Å². The summed E-state index contributed by atoms with van der Waals surface area (Å²) in [4.78, 5) is 0. The SMILES string of the molecule is OCCOc1ccc2ccc(OCCO)c(C34CC5CC(CC(C5)C3)C4)c2c1C12CC3CC(CC(C3)C1)C2. The van der Waals surface area contributed by atoms with E-state index in [1.807, 2.05) is 0 Å². The lowest BCUT2D eigenvalue weighted by Gasteiger charge is -2.59. The molecule has 0 saturated heterocycles. The zero-order valence-electron chi connectivity index (χ0n) is 22.8. The van der Waals surface area contributed by atoms with Gasteiger partial charge in [0.2, 0.25) is 0 Å². The molecule has 0 aliphatic heterocycles. The Balaban J connectivity index is 1.40. The number of benzene rings is 2. The molecule has 8 fully saturated rings. The van der Waals surface area contributed by atoms with Gasteiger partial charge in [0.25, 0.3) is 0 Å². The van der Waals surface area contributed by atoms with Crippen LogP contribution >= 0.6 is 0 Å². The summed E-state index contributed by atoms with van der Waals surface area (Å²) < 4.78 is 12.9. The van der Waals surface area contributed by atoms with Crippen molar-refractivity contribution < 1.29 is 19.7 Å². The number of aliphatic hydroxyl groups excluding tert-OH is 2. The summed E-state index contributed by atoms with van der Waals surface area (Å²) >= 11 is 0. The second-order valence-electron chi connectivity index (χ2n) is 14.5. The molecule has 38 heavy (non-hydrogen) atoms. The molecule has 4 nitrogen and oxygen atoms in total. The highest BCUT2D eigenvalue weighted by atomic mass is 16.5. The predicted octanol–water partition coefficient (Wildman–Crippen LogP) is 6.52. The Morgan fingerprint density at radius 2 is 0.895 bits per heavy atom. The average molecular weight is 517 g/mol. The highest BCUT2D eigenvalue weighted by Crippen LogP contribution is 2.66. The molecule has 0 unspecified atom stereocenters. The lowest BCUT2D eigenvalue weighted by molar-refractivity contribution is -0.00822. The van der Waals surface area contributed by atoms with Gasteiger partial charge in [0.15, 0.2) is 0 Å². The number of rotatable bonds is 8. The van der Waals surface area contributed by atoms with Crippen molar-refractivity contribution in [3.63, 3.8) is 0 Å². The highest BCUT2D eigenvalue weighted by molar-refractivity contribution is 5.95. The molecule has 0 heterocycles. The van der Waals surface area contributed by atoms with Crippen LogP contribution in [0.3, 0.4) is 0 Å². The van der Waals surface area contributed by atoms with Crippen LogP contribution in [-0.4, -0.2) is 36.6 Å². The third kappa shape index (κ3) is 3.61. The fourth-order valence-electron chi connectivity index (χ4n) is 11.8. The van der Waals surface area contributed by atoms with Crippen molar-refractivity contribution in [3.05, 3.63) is 35.4 Å². The number of ether oxygens (including phenoxy) is 2. The van der Waals surface area contributed by atoms with Gasteiger partial charge in [-0.15, -0.1) is 0 Å². The summed E-state index contributed by atoms with van der Waals surface area (Å²) in [6.45, 7) is 0.774. The van der Waals surface area contributed by atoms with E-state index >= 15 is 0 Å². The van der Waals surface area contributed by atoms with Crippen molar-refractivity contribution in [1.82, 2.24) is 0 Å². The summed E-state index contributed by atoms with van der Waals surface area (Å²) in [6.07, 6.45) is 16.2. The molecule has 8 bridgehead atoms. The molecule has 2 aromatic carbocycles. The van der Waals surface area contributed by atoms with Gasteiger partial charge in [-0.1, -0.05) is 12.1 Å². The van der Waals surface area contributed by atoms with Crippen molar-refractivity contribution in [2.24, 2.45) is 35.5 Å². The molecule has 0 aromatic heterocycles. The van der Waals surface area contributed by atoms with Crippen LogP contribution in [0.2, 0.25) is 0 Å². The maximum absolute atomic E-state index is 9.75. The highest BCUT2D eigenvalue weighted by Gasteiger charge is 2.56. The lowest BCUT2D eigenvalue weighted by atomic mass is 9.46. The second-order valence-corrected chi connectivity index (χ2v) is 14.5. The van der Waals surface area contributed by atoms with E-state index in [2.05, 4.69) is 24.3 Å². The molecule has 8 aliphatic rings. The third-order valence-electron chi connectivity index (χ3n) is 11.9. The Labute approximate surface area is 227 Å². The van der Waals surface area contributed by atoms with Crippen LogP contribution in [0.15, 0.2) is 24.3 Å². The summed E-state index contributed by atoms with van der Waals surface area (Å²) in [6, 6.07) is 8.96. The number of fused-ring (bicyclic) bond motifs is 1. The first-order chi connectivity index (χ1) is 18.6. The normalized spacial score (nSPS) is 40.3. The molecular weight excluding hydrogens is 472 g/mol. The molecule has 0 atom stereocenters. The summed E-state index contributed by atoms with van der Waals surface area (Å²) in [5.74, 6) is 7.10. The zero-order valence-corrected chi connectivity index (χ0v) is 22.8. The maximum Gasteiger partial charge on any atom is 0.123 e. The van der Waals surface area contributed by atoms with E-state index in [0.29, 0.717) is 13.2 Å². The molecule has 0 spiro atoms. The van der Waals surface area contributed by atoms with E-state index in [1.165, 1.54) is 98.9 Å². The summed E-state index contributed by atoms with van der Waals surface area (Å²) in [7, 11) is 0. The van der Waals surface area contributed by atoms with E-state index in [0.717, 1.165) is 47.0 Å². The number of hydrogen-bond acceptors (Lipinski definition) is 4. The Morgan fingerprint density at radius 3 is 1.21 bits per heavy atom. The molecule has 2 N–H and O–H groups in total. The first-order valence-electron chi connectivity index (χ1n) is 15.7. The van der Waals surface area contributed by atoms with Crippen molar-refractivity contribution in [1.29, 1.82) is 0 Å². The molecular formula is C34H44O4. The second kappa shape index (κ2) is 8.86. The van der Waals surface area contributed by atoms with Gasteiger partial charge in [-0.05, 0) is 135 Å². The Morgan fingerprint density at radius 1 is 0.553 bits per heavy atom. The minimum atomic E-state index is 0.0415. The van der Waals surface area contributed by atoms with Crippen LogP contribution in [-0.2, 0) is 10.8 Å². The van der Waals surface area contributed by atoms with Crippen LogP contribution in [0.1, 0.15) is 88.2 Å². The van der Waals surface area contributed by atoms with Gasteiger partial charge in [0, 0.05) is 22.0 Å². The fraction of sp³-hybridized carbons (Fsp3) is 0.706. The van der Waals surface area contributed by atoms with Gasteiger partial charge in [0.1, 0.15) is 24.7 Å². The van der Waals surface area contributed by atoms with Gasteiger partial charge in [0.05, 0.1) is 13.2 Å². The number of hydrogen-bond donors (Lipinski definition) is 2. The van der Waals surface area contributed by atoms with Crippen LogP contribution in [0.25, 0.3) is 10.8 Å². The van der Waals surface area contributed by atoms with Crippen molar-refractivity contribution >= 4 is 10.8 Å². The lowest BCUT2D eigenvalue weighted by Crippen LogP contribution is -2.50. The summed E-state index contributed by atoms with van der Waals surface area (Å²) in [5.41, 5.74) is 3.27. The fourth-order valence-corrected chi connectivity index (χ4v) is 11.8. The minimum Gasteiger partial charge on any atom is -0.491 e. The average Bonchev–Trinajstić information content (AvgIpc) is 2.88. The topological polar surface area (TPSA) is 58.9 Å². The third-order valence-corrected chi connectivity index (χ3v) is 11.9. The molecule has 8 saturated carbocycles. The molecule has 10 rings (SSSR count). The van der Waals surface area contributed by atoms with E-state index in [-0.39, 0.29) is 24.0 Å². The first kappa shape index (κ1) is 24.1. The van der Waals surface area contributed by atoms with Crippen LogP contribution < -0.4 is 9.47 Å². The van der Waals surface area contributed by atoms with Crippen molar-refractivity contribution in [3.8, 4) is 11.5 Å².